The first-order valence-corrected chi connectivity index (χ1v) is 9.41. The molecule has 26 heavy (non-hydrogen) atoms. The van der Waals surface area contributed by atoms with Crippen molar-refractivity contribution < 1.29 is 9.59 Å². The van der Waals surface area contributed by atoms with E-state index in [1.54, 1.807) is 6.92 Å². The second-order valence-electron chi connectivity index (χ2n) is 7.14. The minimum Gasteiger partial charge on any atom is -0.299 e. The summed E-state index contributed by atoms with van der Waals surface area (Å²) in [5.41, 5.74) is 1.36. The number of ketones is 1. The SMILES string of the molecule is CC(=O)C(C([C]=O)=Cc1ccccc1)(c1ccccc1)C1CCCCC1. The van der Waals surface area contributed by atoms with Crippen LogP contribution in [0.15, 0.2) is 66.2 Å². The Labute approximate surface area is 155 Å². The Morgan fingerprint density at radius 3 is 2.08 bits per heavy atom. The highest BCUT2D eigenvalue weighted by Gasteiger charge is 2.48. The van der Waals surface area contributed by atoms with Crippen molar-refractivity contribution in [2.24, 2.45) is 5.92 Å². The van der Waals surface area contributed by atoms with Crippen LogP contribution >= 0.6 is 0 Å². The van der Waals surface area contributed by atoms with Gasteiger partial charge in [0.2, 0.25) is 6.29 Å². The molecule has 2 nitrogen and oxygen atoms in total. The second-order valence-corrected chi connectivity index (χ2v) is 7.14. The molecule has 0 N–H and O–H groups in total. The lowest BCUT2D eigenvalue weighted by Crippen LogP contribution is -2.45. The molecule has 133 valence electrons. The van der Waals surface area contributed by atoms with Crippen LogP contribution in [0.3, 0.4) is 0 Å². The number of hydrogen-bond donors (Lipinski definition) is 0. The molecule has 0 aromatic heterocycles. The molecule has 1 saturated carbocycles. The van der Waals surface area contributed by atoms with E-state index < -0.39 is 5.41 Å². The van der Waals surface area contributed by atoms with Gasteiger partial charge in [0.15, 0.2) is 0 Å². The molecule has 1 aliphatic rings. The Balaban J connectivity index is 2.22. The Kier molecular flexibility index (Phi) is 5.82. The summed E-state index contributed by atoms with van der Waals surface area (Å²) in [6.45, 7) is 1.62. The van der Waals surface area contributed by atoms with Gasteiger partial charge in [-0.25, -0.2) is 0 Å². The molecule has 0 amide bonds. The van der Waals surface area contributed by atoms with Crippen LogP contribution in [0.5, 0.6) is 0 Å². The predicted molar refractivity (Wildman–Crippen MR) is 105 cm³/mol. The quantitative estimate of drug-likeness (QED) is 0.667. The van der Waals surface area contributed by atoms with Gasteiger partial charge >= 0.3 is 0 Å². The minimum absolute atomic E-state index is 0.0288. The van der Waals surface area contributed by atoms with Crippen LogP contribution in [0.4, 0.5) is 0 Å². The predicted octanol–water partition coefficient (Wildman–Crippen LogP) is 5.29. The zero-order valence-corrected chi connectivity index (χ0v) is 15.3. The van der Waals surface area contributed by atoms with Gasteiger partial charge in [-0.1, -0.05) is 79.9 Å². The smallest absolute Gasteiger partial charge is 0.230 e. The highest BCUT2D eigenvalue weighted by molar-refractivity contribution is 6.02. The lowest BCUT2D eigenvalue weighted by atomic mass is 9.59. The molecule has 1 unspecified atom stereocenters. The van der Waals surface area contributed by atoms with Gasteiger partial charge in [-0.05, 0) is 42.9 Å². The van der Waals surface area contributed by atoms with Crippen molar-refractivity contribution in [3.8, 4) is 0 Å². The number of Topliss-reactive ketones (excluding diaryl/α,β-unsaturated/α-hetero) is 1. The molecule has 1 radical (unpaired) electrons. The van der Waals surface area contributed by atoms with Crippen molar-refractivity contribution >= 4 is 18.1 Å². The zero-order chi connectivity index (χ0) is 18.4. The number of hydrogen-bond acceptors (Lipinski definition) is 2. The van der Waals surface area contributed by atoms with Crippen molar-refractivity contribution in [3.63, 3.8) is 0 Å². The summed E-state index contributed by atoms with van der Waals surface area (Å²) in [6, 6.07) is 19.5. The van der Waals surface area contributed by atoms with Gasteiger partial charge in [-0.2, -0.15) is 0 Å². The third-order valence-electron chi connectivity index (χ3n) is 5.65. The molecule has 0 heterocycles. The Morgan fingerprint density at radius 1 is 0.962 bits per heavy atom. The number of carbonyl (C=O) groups is 1. The summed E-state index contributed by atoms with van der Waals surface area (Å²) < 4.78 is 0. The molecule has 1 fully saturated rings. The van der Waals surface area contributed by atoms with E-state index >= 15 is 0 Å². The van der Waals surface area contributed by atoms with Crippen LogP contribution in [-0.2, 0) is 15.0 Å². The topological polar surface area (TPSA) is 34.1 Å². The first-order valence-electron chi connectivity index (χ1n) is 9.41. The van der Waals surface area contributed by atoms with Gasteiger partial charge in [0.05, 0.1) is 5.41 Å². The number of rotatable bonds is 6. The average Bonchev–Trinajstić information content (AvgIpc) is 2.70. The maximum absolute atomic E-state index is 13.1. The van der Waals surface area contributed by atoms with Gasteiger partial charge in [0.25, 0.3) is 0 Å². The zero-order valence-electron chi connectivity index (χ0n) is 15.3. The molecule has 2 aromatic rings. The lowest BCUT2D eigenvalue weighted by molar-refractivity contribution is -0.123. The van der Waals surface area contributed by atoms with E-state index in [1.165, 1.54) is 6.42 Å². The maximum atomic E-state index is 13.1. The summed E-state index contributed by atoms with van der Waals surface area (Å²) in [5.74, 6) is 0.161. The van der Waals surface area contributed by atoms with Crippen molar-refractivity contribution in [1.82, 2.24) is 0 Å². The van der Waals surface area contributed by atoms with Crippen LogP contribution in [0.25, 0.3) is 6.08 Å². The monoisotopic (exact) mass is 345 g/mol. The molecule has 0 saturated heterocycles. The standard InChI is InChI=1S/C24H25O2/c1-19(26)24(21-13-7-3-8-14-21,22-15-9-4-10-16-22)23(18-25)17-20-11-5-2-6-12-20/h2-3,5-8,11-14,17,22H,4,9-10,15-16H2,1H3. The fraction of sp³-hybridized carbons (Fsp3) is 0.333. The van der Waals surface area contributed by atoms with Crippen LogP contribution < -0.4 is 0 Å². The molecule has 2 heteroatoms. The molecule has 0 bridgehead atoms. The third-order valence-corrected chi connectivity index (χ3v) is 5.65. The highest BCUT2D eigenvalue weighted by atomic mass is 16.1. The molecule has 0 spiro atoms. The van der Waals surface area contributed by atoms with Crippen molar-refractivity contribution in [2.75, 3.05) is 0 Å². The van der Waals surface area contributed by atoms with E-state index in [0.29, 0.717) is 5.57 Å². The van der Waals surface area contributed by atoms with E-state index in [2.05, 4.69) is 6.29 Å². The van der Waals surface area contributed by atoms with Gasteiger partial charge in [-0.15, -0.1) is 0 Å². The number of carbonyl (C=O) groups excluding carboxylic acids is 2. The van der Waals surface area contributed by atoms with E-state index in [4.69, 9.17) is 0 Å². The summed E-state index contributed by atoms with van der Waals surface area (Å²) in [7, 11) is 0. The largest absolute Gasteiger partial charge is 0.299 e. The summed E-state index contributed by atoms with van der Waals surface area (Å²) in [5, 5.41) is 0. The highest BCUT2D eigenvalue weighted by Crippen LogP contribution is 2.46. The van der Waals surface area contributed by atoms with Crippen LogP contribution in [0, 0.1) is 5.92 Å². The van der Waals surface area contributed by atoms with Crippen molar-refractivity contribution in [2.45, 2.75) is 44.4 Å². The molecule has 0 aliphatic heterocycles. The molecule has 3 rings (SSSR count). The van der Waals surface area contributed by atoms with Crippen molar-refractivity contribution in [3.05, 3.63) is 77.4 Å². The van der Waals surface area contributed by atoms with Crippen LogP contribution in [0.2, 0.25) is 0 Å². The molecule has 1 aliphatic carbocycles. The van der Waals surface area contributed by atoms with Crippen LogP contribution in [0.1, 0.15) is 50.2 Å². The molecular weight excluding hydrogens is 320 g/mol. The van der Waals surface area contributed by atoms with Gasteiger partial charge < -0.3 is 0 Å². The fourth-order valence-corrected chi connectivity index (χ4v) is 4.47. The summed E-state index contributed by atoms with van der Waals surface area (Å²) >= 11 is 0. The van der Waals surface area contributed by atoms with E-state index in [0.717, 1.165) is 36.8 Å². The van der Waals surface area contributed by atoms with Crippen molar-refractivity contribution in [1.29, 1.82) is 0 Å². The summed E-state index contributed by atoms with van der Waals surface area (Å²) in [6.07, 6.45) is 9.32. The number of benzene rings is 2. The molecule has 1 atom stereocenters. The lowest BCUT2D eigenvalue weighted by Gasteiger charge is -2.41. The van der Waals surface area contributed by atoms with E-state index in [9.17, 15) is 9.59 Å². The first kappa shape index (κ1) is 18.3. The van der Waals surface area contributed by atoms with E-state index in [-0.39, 0.29) is 11.7 Å². The Bertz CT molecular complexity index is 770. The number of allylic oxidation sites excluding steroid dienone is 1. The average molecular weight is 345 g/mol. The van der Waals surface area contributed by atoms with E-state index in [1.807, 2.05) is 66.7 Å². The Hall–Kier alpha value is -2.48. The fourth-order valence-electron chi connectivity index (χ4n) is 4.47. The third kappa shape index (κ3) is 3.41. The minimum atomic E-state index is -0.917. The normalized spacial score (nSPS) is 18.1. The van der Waals surface area contributed by atoms with Crippen LogP contribution in [-0.4, -0.2) is 12.1 Å². The maximum Gasteiger partial charge on any atom is 0.230 e. The van der Waals surface area contributed by atoms with Gasteiger partial charge in [-0.3, -0.25) is 9.59 Å². The first-order chi connectivity index (χ1) is 12.7. The van der Waals surface area contributed by atoms with Gasteiger partial charge in [0, 0.05) is 5.57 Å². The molecule has 2 aromatic carbocycles. The second kappa shape index (κ2) is 8.27. The van der Waals surface area contributed by atoms with Gasteiger partial charge in [0.1, 0.15) is 5.78 Å². The summed E-state index contributed by atoms with van der Waals surface area (Å²) in [4.78, 5) is 25.3. The molecular formula is C24H25O2. The Morgan fingerprint density at radius 2 is 1.54 bits per heavy atom.